The van der Waals surface area contributed by atoms with Crippen molar-refractivity contribution in [2.24, 2.45) is 5.92 Å². The summed E-state index contributed by atoms with van der Waals surface area (Å²) in [5, 5.41) is 12.0. The Morgan fingerprint density at radius 2 is 2.12 bits per heavy atom. The summed E-state index contributed by atoms with van der Waals surface area (Å²) in [6, 6.07) is -0.369. The number of carboxylic acid groups (broad SMARTS) is 1. The van der Waals surface area contributed by atoms with Crippen LogP contribution in [0.1, 0.15) is 32.6 Å². The highest BCUT2D eigenvalue weighted by Gasteiger charge is 2.18. The number of hydrogen-bond donors (Lipinski definition) is 2. The van der Waals surface area contributed by atoms with E-state index in [0.717, 1.165) is 18.9 Å². The van der Waals surface area contributed by atoms with Crippen molar-refractivity contribution in [2.45, 2.75) is 38.6 Å². The van der Waals surface area contributed by atoms with E-state index in [0.29, 0.717) is 6.42 Å². The zero-order valence-electron chi connectivity index (χ0n) is 10.4. The van der Waals surface area contributed by atoms with Gasteiger partial charge in [0.15, 0.2) is 0 Å². The van der Waals surface area contributed by atoms with Gasteiger partial charge in [0.1, 0.15) is 6.04 Å². The minimum atomic E-state index is -0.731. The molecule has 4 heteroatoms. The molecule has 0 spiro atoms. The molecule has 2 N–H and O–H groups in total. The smallest absolute Gasteiger partial charge is 0.320 e. The summed E-state index contributed by atoms with van der Waals surface area (Å²) in [6.45, 7) is 5.10. The molecule has 0 aromatic heterocycles. The first-order valence-corrected chi connectivity index (χ1v) is 6.28. The maximum atomic E-state index is 10.8. The van der Waals surface area contributed by atoms with E-state index >= 15 is 0 Å². The van der Waals surface area contributed by atoms with Crippen LogP contribution in [0, 0.1) is 5.92 Å². The number of hydrogen-bond acceptors (Lipinski definition) is 3. The average molecular weight is 228 g/mol. The molecule has 0 amide bonds. The highest BCUT2D eigenvalue weighted by molar-refractivity contribution is 5.73. The first-order chi connectivity index (χ1) is 7.63. The molecule has 1 atom stereocenters. The summed E-state index contributed by atoms with van der Waals surface area (Å²) in [5.41, 5.74) is 0. The Hall–Kier alpha value is -0.610. The normalized spacial score (nSPS) is 20.9. The largest absolute Gasteiger partial charge is 0.480 e. The molecule has 0 aromatic rings. The topological polar surface area (TPSA) is 52.6 Å². The number of nitrogens with zero attached hydrogens (tertiary/aromatic N) is 1. The van der Waals surface area contributed by atoms with Crippen molar-refractivity contribution in [1.82, 2.24) is 10.2 Å². The van der Waals surface area contributed by atoms with Gasteiger partial charge >= 0.3 is 5.97 Å². The summed E-state index contributed by atoms with van der Waals surface area (Å²) in [6.07, 6.45) is 4.27. The van der Waals surface area contributed by atoms with Gasteiger partial charge < -0.3 is 15.3 Å². The molecule has 0 saturated carbocycles. The Labute approximate surface area is 98.0 Å². The highest BCUT2D eigenvalue weighted by atomic mass is 16.4. The molecule has 0 bridgehead atoms. The van der Waals surface area contributed by atoms with E-state index in [9.17, 15) is 4.79 Å². The molecule has 16 heavy (non-hydrogen) atoms. The van der Waals surface area contributed by atoms with Crippen LogP contribution in [0.3, 0.4) is 0 Å². The summed E-state index contributed by atoms with van der Waals surface area (Å²) >= 11 is 0. The molecule has 1 heterocycles. The zero-order chi connectivity index (χ0) is 12.0. The van der Waals surface area contributed by atoms with Crippen LogP contribution in [0.4, 0.5) is 0 Å². The maximum Gasteiger partial charge on any atom is 0.320 e. The van der Waals surface area contributed by atoms with E-state index in [1.54, 1.807) is 0 Å². The SMILES string of the molecule is CCC(NCCC1CCN(C)CC1)C(=O)O. The lowest BCUT2D eigenvalue weighted by atomic mass is 9.94. The molecule has 0 aliphatic carbocycles. The van der Waals surface area contributed by atoms with Gasteiger partial charge in [0.05, 0.1) is 0 Å². The predicted molar refractivity (Wildman–Crippen MR) is 64.6 cm³/mol. The molecule has 4 nitrogen and oxygen atoms in total. The van der Waals surface area contributed by atoms with Crippen LogP contribution in [-0.2, 0) is 4.79 Å². The van der Waals surface area contributed by atoms with Gasteiger partial charge in [0.2, 0.25) is 0 Å². The van der Waals surface area contributed by atoms with Crippen molar-refractivity contribution in [3.63, 3.8) is 0 Å². The van der Waals surface area contributed by atoms with Crippen LogP contribution in [0.5, 0.6) is 0 Å². The fraction of sp³-hybridized carbons (Fsp3) is 0.917. The van der Waals surface area contributed by atoms with E-state index in [4.69, 9.17) is 5.11 Å². The summed E-state index contributed by atoms with van der Waals surface area (Å²) in [7, 11) is 2.16. The van der Waals surface area contributed by atoms with E-state index < -0.39 is 5.97 Å². The second kappa shape index (κ2) is 6.86. The number of rotatable bonds is 6. The monoisotopic (exact) mass is 228 g/mol. The number of carboxylic acids is 1. The Morgan fingerprint density at radius 1 is 1.50 bits per heavy atom. The van der Waals surface area contributed by atoms with Gasteiger partial charge in [-0.1, -0.05) is 6.92 Å². The lowest BCUT2D eigenvalue weighted by Gasteiger charge is -2.29. The van der Waals surface area contributed by atoms with Gasteiger partial charge in [-0.15, -0.1) is 0 Å². The summed E-state index contributed by atoms with van der Waals surface area (Å²) < 4.78 is 0. The van der Waals surface area contributed by atoms with Gasteiger partial charge in [-0.3, -0.25) is 4.79 Å². The highest BCUT2D eigenvalue weighted by Crippen LogP contribution is 2.18. The second-order valence-electron chi connectivity index (χ2n) is 4.79. The van der Waals surface area contributed by atoms with Crippen molar-refractivity contribution in [1.29, 1.82) is 0 Å². The van der Waals surface area contributed by atoms with Crippen molar-refractivity contribution in [3.05, 3.63) is 0 Å². The Kier molecular flexibility index (Phi) is 5.77. The standard InChI is InChI=1S/C12H24N2O2/c1-3-11(12(15)16)13-7-4-10-5-8-14(2)9-6-10/h10-11,13H,3-9H2,1-2H3,(H,15,16). The molecular weight excluding hydrogens is 204 g/mol. The molecule has 1 fully saturated rings. The maximum absolute atomic E-state index is 10.8. The predicted octanol–water partition coefficient (Wildman–Crippen LogP) is 1.17. The lowest BCUT2D eigenvalue weighted by Crippen LogP contribution is -2.38. The number of likely N-dealkylation sites (tertiary alicyclic amines) is 1. The van der Waals surface area contributed by atoms with E-state index in [1.165, 1.54) is 25.9 Å². The minimum Gasteiger partial charge on any atom is -0.480 e. The average Bonchev–Trinajstić information content (AvgIpc) is 2.26. The van der Waals surface area contributed by atoms with Crippen LogP contribution in [0.25, 0.3) is 0 Å². The van der Waals surface area contributed by atoms with Gasteiger partial charge in [-0.05, 0) is 58.3 Å². The van der Waals surface area contributed by atoms with Crippen LogP contribution in [-0.4, -0.2) is 48.7 Å². The molecular formula is C12H24N2O2. The van der Waals surface area contributed by atoms with Crippen LogP contribution in [0.15, 0.2) is 0 Å². The van der Waals surface area contributed by atoms with Gasteiger partial charge in [-0.25, -0.2) is 0 Å². The zero-order valence-corrected chi connectivity index (χ0v) is 10.4. The van der Waals surface area contributed by atoms with Crippen LogP contribution < -0.4 is 5.32 Å². The van der Waals surface area contributed by atoms with Crippen molar-refractivity contribution in [2.75, 3.05) is 26.7 Å². The van der Waals surface area contributed by atoms with E-state index in [1.807, 2.05) is 6.92 Å². The van der Waals surface area contributed by atoms with Gasteiger partial charge in [0, 0.05) is 0 Å². The second-order valence-corrected chi connectivity index (χ2v) is 4.79. The van der Waals surface area contributed by atoms with Crippen LogP contribution >= 0.6 is 0 Å². The fourth-order valence-corrected chi connectivity index (χ4v) is 2.22. The minimum absolute atomic E-state index is 0.369. The van der Waals surface area contributed by atoms with Gasteiger partial charge in [0.25, 0.3) is 0 Å². The van der Waals surface area contributed by atoms with E-state index in [-0.39, 0.29) is 6.04 Å². The van der Waals surface area contributed by atoms with Crippen molar-refractivity contribution < 1.29 is 9.90 Å². The third-order valence-electron chi connectivity index (χ3n) is 3.49. The molecule has 0 aromatic carbocycles. The molecule has 1 saturated heterocycles. The molecule has 94 valence electrons. The first-order valence-electron chi connectivity index (χ1n) is 6.28. The van der Waals surface area contributed by atoms with Crippen LogP contribution in [0.2, 0.25) is 0 Å². The molecule has 1 aliphatic heterocycles. The molecule has 1 rings (SSSR count). The third kappa shape index (κ3) is 4.49. The van der Waals surface area contributed by atoms with Crippen molar-refractivity contribution >= 4 is 5.97 Å². The Bertz CT molecular complexity index is 213. The molecule has 0 radical (unpaired) electrons. The van der Waals surface area contributed by atoms with Gasteiger partial charge in [-0.2, -0.15) is 0 Å². The van der Waals surface area contributed by atoms with E-state index in [2.05, 4.69) is 17.3 Å². The summed E-state index contributed by atoms with van der Waals surface area (Å²) in [4.78, 5) is 13.1. The third-order valence-corrected chi connectivity index (χ3v) is 3.49. The molecule has 1 unspecified atom stereocenters. The molecule has 1 aliphatic rings. The summed E-state index contributed by atoms with van der Waals surface area (Å²) in [5.74, 6) is 0.0425. The number of piperidine rings is 1. The quantitative estimate of drug-likeness (QED) is 0.716. The first kappa shape index (κ1) is 13.5. The lowest BCUT2D eigenvalue weighted by molar-refractivity contribution is -0.139. The fourth-order valence-electron chi connectivity index (χ4n) is 2.22. The number of nitrogens with one attached hydrogen (secondary N) is 1. The Balaban J connectivity index is 2.12. The number of aliphatic carboxylic acids is 1. The van der Waals surface area contributed by atoms with Crippen molar-refractivity contribution in [3.8, 4) is 0 Å². The Morgan fingerprint density at radius 3 is 2.62 bits per heavy atom. The number of carbonyl (C=O) groups is 1.